The van der Waals surface area contributed by atoms with E-state index in [2.05, 4.69) is 29.4 Å². The van der Waals surface area contributed by atoms with E-state index in [-0.39, 0.29) is 12.5 Å². The predicted octanol–water partition coefficient (Wildman–Crippen LogP) is 1.88. The van der Waals surface area contributed by atoms with Gasteiger partial charge in [-0.05, 0) is 34.5 Å². The molecule has 0 spiro atoms. The Hall–Kier alpha value is -1.05. The van der Waals surface area contributed by atoms with Crippen LogP contribution in [0.5, 0.6) is 0 Å². The zero-order chi connectivity index (χ0) is 12.8. The largest absolute Gasteiger partial charge is 0.468 e. The molecule has 1 heterocycles. The fourth-order valence-electron chi connectivity index (χ4n) is 1.04. The molecule has 0 unspecified atom stereocenters. The highest BCUT2D eigenvalue weighted by Crippen LogP contribution is 2.24. The Kier molecular flexibility index (Phi) is 5.46. The number of benzene rings is 1. The molecule has 0 aliphatic carbocycles. The van der Waals surface area contributed by atoms with Gasteiger partial charge in [-0.25, -0.2) is 0 Å². The molecule has 0 radical (unpaired) electrons. The van der Waals surface area contributed by atoms with Crippen LogP contribution in [0.1, 0.15) is 5.56 Å². The van der Waals surface area contributed by atoms with Gasteiger partial charge in [-0.1, -0.05) is 6.07 Å². The summed E-state index contributed by atoms with van der Waals surface area (Å²) < 4.78 is 13.5. The van der Waals surface area contributed by atoms with Gasteiger partial charge in [-0.3, -0.25) is 4.79 Å². The standard InChI is InChI=1S/C7H5BrN2S.C3H7NO2/c1-4-2-3-5(8)7-6(4)9-11-10-7;1-6-3(5)2-4/h2-3H,1H3;2,4H2,1H3. The molecular formula is C10H12BrN3O2S. The van der Waals surface area contributed by atoms with Crippen molar-refractivity contribution in [2.24, 2.45) is 5.73 Å². The first-order chi connectivity index (χ1) is 8.10. The van der Waals surface area contributed by atoms with Gasteiger partial charge < -0.3 is 10.5 Å². The highest BCUT2D eigenvalue weighted by molar-refractivity contribution is 9.10. The van der Waals surface area contributed by atoms with Gasteiger partial charge in [0.2, 0.25) is 0 Å². The molecule has 5 nitrogen and oxygen atoms in total. The van der Waals surface area contributed by atoms with Crippen LogP contribution in [0, 0.1) is 6.92 Å². The molecular weight excluding hydrogens is 306 g/mol. The minimum absolute atomic E-state index is 0.0312. The number of nitrogens with two attached hydrogens (primary N) is 1. The molecule has 7 heteroatoms. The Morgan fingerprint density at radius 3 is 2.59 bits per heavy atom. The summed E-state index contributed by atoms with van der Waals surface area (Å²) in [5.74, 6) is -0.380. The number of hydrogen-bond donors (Lipinski definition) is 1. The smallest absolute Gasteiger partial charge is 0.319 e. The van der Waals surface area contributed by atoms with Crippen molar-refractivity contribution in [3.63, 3.8) is 0 Å². The fraction of sp³-hybridized carbons (Fsp3) is 0.300. The second kappa shape index (κ2) is 6.63. The van der Waals surface area contributed by atoms with Crippen molar-refractivity contribution >= 4 is 44.7 Å². The highest BCUT2D eigenvalue weighted by atomic mass is 79.9. The summed E-state index contributed by atoms with van der Waals surface area (Å²) in [6, 6.07) is 4.03. The SMILES string of the molecule is COC(=O)CN.Cc1ccc(Br)c2nsnc12. The van der Waals surface area contributed by atoms with Crippen molar-refractivity contribution in [1.29, 1.82) is 0 Å². The normalized spacial score (nSPS) is 9.65. The van der Waals surface area contributed by atoms with Gasteiger partial charge in [-0.2, -0.15) is 8.75 Å². The van der Waals surface area contributed by atoms with Gasteiger partial charge in [0, 0.05) is 4.47 Å². The van der Waals surface area contributed by atoms with E-state index in [0.717, 1.165) is 15.5 Å². The maximum atomic E-state index is 9.83. The number of nitrogens with zero attached hydrogens (tertiary/aromatic N) is 2. The Balaban J connectivity index is 0.000000209. The average molecular weight is 318 g/mol. The number of fused-ring (bicyclic) bond motifs is 1. The lowest BCUT2D eigenvalue weighted by Gasteiger charge is -1.93. The molecule has 0 saturated heterocycles. The first kappa shape index (κ1) is 14.0. The molecule has 1 aromatic carbocycles. The van der Waals surface area contributed by atoms with Crippen LogP contribution >= 0.6 is 27.7 Å². The first-order valence-electron chi connectivity index (χ1n) is 4.74. The molecule has 0 aliphatic rings. The third kappa shape index (κ3) is 3.72. The monoisotopic (exact) mass is 317 g/mol. The zero-order valence-corrected chi connectivity index (χ0v) is 11.8. The van der Waals surface area contributed by atoms with Gasteiger partial charge in [-0.15, -0.1) is 0 Å². The molecule has 2 N–H and O–H groups in total. The molecule has 0 saturated carbocycles. The van der Waals surface area contributed by atoms with E-state index < -0.39 is 0 Å². The number of carbonyl (C=O) groups excluding carboxylic acids is 1. The third-order valence-corrected chi connectivity index (χ3v) is 3.13. The highest BCUT2D eigenvalue weighted by Gasteiger charge is 2.04. The number of ether oxygens (including phenoxy) is 1. The van der Waals surface area contributed by atoms with Crippen molar-refractivity contribution in [3.05, 3.63) is 22.2 Å². The lowest BCUT2D eigenvalue weighted by Crippen LogP contribution is -2.14. The number of hydrogen-bond acceptors (Lipinski definition) is 6. The quantitative estimate of drug-likeness (QED) is 0.812. The van der Waals surface area contributed by atoms with Crippen LogP contribution in [0.25, 0.3) is 11.0 Å². The van der Waals surface area contributed by atoms with Gasteiger partial charge >= 0.3 is 5.97 Å². The molecule has 2 aromatic rings. The van der Waals surface area contributed by atoms with E-state index >= 15 is 0 Å². The van der Waals surface area contributed by atoms with Crippen molar-refractivity contribution in [3.8, 4) is 0 Å². The Bertz CT molecular complexity index is 473. The number of halogens is 1. The van der Waals surface area contributed by atoms with E-state index in [1.165, 1.54) is 24.4 Å². The van der Waals surface area contributed by atoms with Crippen LogP contribution < -0.4 is 5.73 Å². The number of aryl methyl sites for hydroxylation is 1. The summed E-state index contributed by atoms with van der Waals surface area (Å²) in [6.45, 7) is 2.01. The van der Waals surface area contributed by atoms with E-state index in [9.17, 15) is 4.79 Å². The van der Waals surface area contributed by atoms with Crippen LogP contribution in [-0.2, 0) is 9.53 Å². The molecule has 1 aromatic heterocycles. The number of aromatic nitrogens is 2. The van der Waals surface area contributed by atoms with E-state index in [1.54, 1.807) is 0 Å². The third-order valence-electron chi connectivity index (χ3n) is 1.96. The van der Waals surface area contributed by atoms with Gasteiger partial charge in [0.25, 0.3) is 0 Å². The maximum absolute atomic E-state index is 9.83. The summed E-state index contributed by atoms with van der Waals surface area (Å²) in [7, 11) is 1.30. The molecule has 0 bridgehead atoms. The van der Waals surface area contributed by atoms with Crippen LogP contribution in [0.4, 0.5) is 0 Å². The summed E-state index contributed by atoms with van der Waals surface area (Å²) in [4.78, 5) is 9.83. The topological polar surface area (TPSA) is 78.1 Å². The number of rotatable bonds is 1. The second-order valence-corrected chi connectivity index (χ2v) is 4.49. The van der Waals surface area contributed by atoms with Crippen LogP contribution in [0.15, 0.2) is 16.6 Å². The summed E-state index contributed by atoms with van der Waals surface area (Å²) in [5.41, 5.74) is 7.96. The minimum Gasteiger partial charge on any atom is -0.468 e. The van der Waals surface area contributed by atoms with E-state index in [0.29, 0.717) is 0 Å². The van der Waals surface area contributed by atoms with Crippen LogP contribution in [0.3, 0.4) is 0 Å². The van der Waals surface area contributed by atoms with E-state index in [1.807, 2.05) is 19.1 Å². The average Bonchev–Trinajstić information content (AvgIpc) is 2.84. The van der Waals surface area contributed by atoms with Crippen LogP contribution in [-0.4, -0.2) is 28.4 Å². The number of methoxy groups -OCH3 is 1. The zero-order valence-electron chi connectivity index (χ0n) is 9.44. The van der Waals surface area contributed by atoms with Crippen molar-refractivity contribution in [1.82, 2.24) is 8.75 Å². The molecule has 92 valence electrons. The molecule has 0 atom stereocenters. The number of esters is 1. The lowest BCUT2D eigenvalue weighted by atomic mass is 10.2. The minimum atomic E-state index is -0.380. The summed E-state index contributed by atoms with van der Waals surface area (Å²) >= 11 is 4.67. The first-order valence-corrected chi connectivity index (χ1v) is 6.26. The number of carbonyl (C=O) groups is 1. The molecule has 0 aliphatic heterocycles. The van der Waals surface area contributed by atoms with Gasteiger partial charge in [0.1, 0.15) is 11.0 Å². The van der Waals surface area contributed by atoms with Gasteiger partial charge in [0.05, 0.1) is 25.4 Å². The molecule has 17 heavy (non-hydrogen) atoms. The Morgan fingerprint density at radius 1 is 1.47 bits per heavy atom. The Labute approximate surface area is 111 Å². The summed E-state index contributed by atoms with van der Waals surface area (Å²) in [5, 5.41) is 0. The van der Waals surface area contributed by atoms with Crippen molar-refractivity contribution < 1.29 is 9.53 Å². The van der Waals surface area contributed by atoms with Crippen molar-refractivity contribution in [2.75, 3.05) is 13.7 Å². The van der Waals surface area contributed by atoms with E-state index in [4.69, 9.17) is 5.73 Å². The fourth-order valence-corrected chi connectivity index (χ4v) is 2.19. The molecule has 0 fully saturated rings. The predicted molar refractivity (Wildman–Crippen MR) is 70.9 cm³/mol. The summed E-state index contributed by atoms with van der Waals surface area (Å²) in [6.07, 6.45) is 0. The molecule has 2 rings (SSSR count). The van der Waals surface area contributed by atoms with Crippen LogP contribution in [0.2, 0.25) is 0 Å². The Morgan fingerprint density at radius 2 is 2.12 bits per heavy atom. The van der Waals surface area contributed by atoms with Gasteiger partial charge in [0.15, 0.2) is 0 Å². The lowest BCUT2D eigenvalue weighted by molar-refractivity contribution is -0.138. The maximum Gasteiger partial charge on any atom is 0.319 e. The molecule has 0 amide bonds. The van der Waals surface area contributed by atoms with Crippen molar-refractivity contribution in [2.45, 2.75) is 6.92 Å². The second-order valence-electron chi connectivity index (χ2n) is 3.11.